The molecule has 1 heterocycles. The lowest BCUT2D eigenvalue weighted by atomic mass is 10.2. The van der Waals surface area contributed by atoms with Crippen LogP contribution >= 0.6 is 24.0 Å². The minimum absolute atomic E-state index is 0. The van der Waals surface area contributed by atoms with E-state index in [0.717, 1.165) is 24.1 Å². The van der Waals surface area contributed by atoms with Gasteiger partial charge in [0.05, 0.1) is 20.8 Å². The Bertz CT molecular complexity index is 778. The summed E-state index contributed by atoms with van der Waals surface area (Å²) in [5, 5.41) is 3.04. The summed E-state index contributed by atoms with van der Waals surface area (Å²) in [5.74, 6) is 2.27. The number of rotatable bonds is 7. The summed E-state index contributed by atoms with van der Waals surface area (Å²) in [4.78, 5) is 8.71. The molecule has 1 aromatic carbocycles. The Balaban J connectivity index is 0.00000280. The normalized spacial score (nSPS) is 14.3. The van der Waals surface area contributed by atoms with Crippen molar-refractivity contribution in [2.45, 2.75) is 38.3 Å². The monoisotopic (exact) mass is 498 g/mol. The number of nitrogens with two attached hydrogens (primary N) is 1. The van der Waals surface area contributed by atoms with E-state index in [0.29, 0.717) is 36.0 Å². The summed E-state index contributed by atoms with van der Waals surface area (Å²) < 4.78 is 16.4. The fourth-order valence-electron chi connectivity index (χ4n) is 3.03. The Morgan fingerprint density at radius 1 is 1.14 bits per heavy atom. The number of ether oxygens (including phenoxy) is 3. The lowest BCUT2D eigenvalue weighted by Crippen LogP contribution is -2.22. The molecule has 0 spiro atoms. The van der Waals surface area contributed by atoms with Crippen LogP contribution in [0.3, 0.4) is 0 Å². The number of hydrogen-bond donors (Lipinski definition) is 2. The number of halogens is 1. The highest BCUT2D eigenvalue weighted by Gasteiger charge is 2.16. The first-order valence-corrected chi connectivity index (χ1v) is 9.08. The minimum atomic E-state index is 0. The first kappa shape index (κ1) is 22.1. The average molecular weight is 498 g/mol. The molecule has 1 aliphatic carbocycles. The number of nitrogens with zero attached hydrogens (tertiary/aromatic N) is 2. The molecule has 0 bridgehead atoms. The molecule has 0 atom stereocenters. The van der Waals surface area contributed by atoms with Crippen LogP contribution in [0.25, 0.3) is 0 Å². The van der Waals surface area contributed by atoms with Crippen LogP contribution < -0.4 is 25.3 Å². The van der Waals surface area contributed by atoms with Gasteiger partial charge in [-0.05, 0) is 43.4 Å². The second-order valence-electron chi connectivity index (χ2n) is 6.43. The van der Waals surface area contributed by atoms with E-state index < -0.39 is 0 Å². The van der Waals surface area contributed by atoms with Crippen LogP contribution in [-0.4, -0.2) is 31.3 Å². The molecular formula is C20H27IN4O3. The largest absolute Gasteiger partial charge is 0.493 e. The van der Waals surface area contributed by atoms with Crippen LogP contribution in [0.2, 0.25) is 0 Å². The highest BCUT2D eigenvalue weighted by molar-refractivity contribution is 14.0. The van der Waals surface area contributed by atoms with Gasteiger partial charge in [-0.15, -0.1) is 24.0 Å². The molecule has 28 heavy (non-hydrogen) atoms. The minimum Gasteiger partial charge on any atom is -0.493 e. The quantitative estimate of drug-likeness (QED) is 0.341. The Hall–Kier alpha value is -2.23. The van der Waals surface area contributed by atoms with E-state index in [1.165, 1.54) is 12.8 Å². The van der Waals surface area contributed by atoms with E-state index in [2.05, 4.69) is 15.3 Å². The van der Waals surface area contributed by atoms with Gasteiger partial charge in [0.15, 0.2) is 17.5 Å². The fraction of sp³-hybridized carbons (Fsp3) is 0.400. The van der Waals surface area contributed by atoms with E-state index in [-0.39, 0.29) is 24.0 Å². The smallest absolute Gasteiger partial charge is 0.213 e. The zero-order valence-corrected chi connectivity index (χ0v) is 18.5. The van der Waals surface area contributed by atoms with Crippen LogP contribution in [0, 0.1) is 0 Å². The Morgan fingerprint density at radius 2 is 1.89 bits per heavy atom. The second-order valence-corrected chi connectivity index (χ2v) is 6.43. The number of pyridine rings is 1. The van der Waals surface area contributed by atoms with Crippen molar-refractivity contribution in [1.29, 1.82) is 0 Å². The maximum atomic E-state index is 5.98. The van der Waals surface area contributed by atoms with E-state index in [9.17, 15) is 0 Å². The molecule has 152 valence electrons. The maximum Gasteiger partial charge on any atom is 0.213 e. The predicted octanol–water partition coefficient (Wildman–Crippen LogP) is 3.97. The van der Waals surface area contributed by atoms with Crippen molar-refractivity contribution < 1.29 is 14.2 Å². The molecule has 8 heteroatoms. The van der Waals surface area contributed by atoms with Crippen molar-refractivity contribution in [1.82, 2.24) is 4.98 Å². The van der Waals surface area contributed by atoms with Crippen molar-refractivity contribution in [3.63, 3.8) is 0 Å². The number of nitrogens with one attached hydrogen (secondary N) is 1. The summed E-state index contributed by atoms with van der Waals surface area (Å²) in [5.41, 5.74) is 7.71. The van der Waals surface area contributed by atoms with Crippen molar-refractivity contribution in [3.8, 4) is 17.4 Å². The number of anilines is 1. The third kappa shape index (κ3) is 6.15. The molecule has 0 radical (unpaired) electrons. The summed E-state index contributed by atoms with van der Waals surface area (Å²) in [6, 6.07) is 9.31. The number of aromatic nitrogens is 1. The molecule has 7 nitrogen and oxygen atoms in total. The predicted molar refractivity (Wildman–Crippen MR) is 121 cm³/mol. The summed E-state index contributed by atoms with van der Waals surface area (Å²) in [6.45, 7) is 0.433. The zero-order chi connectivity index (χ0) is 19.1. The molecule has 0 amide bonds. The van der Waals surface area contributed by atoms with Crippen LogP contribution in [-0.2, 0) is 6.54 Å². The number of hydrogen-bond acceptors (Lipinski definition) is 5. The SMILES string of the molecule is COc1ccc(NC(N)=NCc2ccc(OC3CCCC3)nc2)cc1OC.I. The molecule has 1 fully saturated rings. The molecule has 1 aliphatic rings. The molecule has 3 N–H and O–H groups in total. The number of methoxy groups -OCH3 is 2. The van der Waals surface area contributed by atoms with Gasteiger partial charge in [0, 0.05) is 24.0 Å². The molecule has 1 aromatic heterocycles. The first-order chi connectivity index (χ1) is 13.2. The third-order valence-electron chi connectivity index (χ3n) is 4.48. The fourth-order valence-corrected chi connectivity index (χ4v) is 3.03. The van der Waals surface area contributed by atoms with Gasteiger partial charge in [-0.3, -0.25) is 0 Å². The molecule has 0 aliphatic heterocycles. The lowest BCUT2D eigenvalue weighted by Gasteiger charge is -2.12. The molecular weight excluding hydrogens is 471 g/mol. The van der Waals surface area contributed by atoms with Crippen LogP contribution in [0.4, 0.5) is 5.69 Å². The van der Waals surface area contributed by atoms with Gasteiger partial charge in [-0.2, -0.15) is 0 Å². The van der Waals surface area contributed by atoms with Crippen LogP contribution in [0.1, 0.15) is 31.2 Å². The number of benzene rings is 1. The second kappa shape index (κ2) is 10.9. The molecule has 0 unspecified atom stereocenters. The zero-order valence-electron chi connectivity index (χ0n) is 16.2. The van der Waals surface area contributed by atoms with Crippen LogP contribution in [0.15, 0.2) is 41.5 Å². The molecule has 0 saturated heterocycles. The Labute approximate surface area is 182 Å². The molecule has 2 aromatic rings. The summed E-state index contributed by atoms with van der Waals surface area (Å²) in [7, 11) is 3.19. The van der Waals surface area contributed by atoms with Gasteiger partial charge < -0.3 is 25.3 Å². The summed E-state index contributed by atoms with van der Waals surface area (Å²) >= 11 is 0. The Morgan fingerprint density at radius 3 is 2.54 bits per heavy atom. The van der Waals surface area contributed by atoms with Crippen molar-refractivity contribution >= 4 is 35.6 Å². The van der Waals surface area contributed by atoms with E-state index >= 15 is 0 Å². The lowest BCUT2D eigenvalue weighted by molar-refractivity contribution is 0.201. The Kier molecular flexibility index (Phi) is 8.62. The highest BCUT2D eigenvalue weighted by atomic mass is 127. The van der Waals surface area contributed by atoms with Crippen molar-refractivity contribution in [3.05, 3.63) is 42.1 Å². The molecule has 3 rings (SSSR count). The van der Waals surface area contributed by atoms with E-state index in [1.807, 2.05) is 18.2 Å². The van der Waals surface area contributed by atoms with Gasteiger partial charge >= 0.3 is 0 Å². The highest BCUT2D eigenvalue weighted by Crippen LogP contribution is 2.29. The maximum absolute atomic E-state index is 5.98. The summed E-state index contributed by atoms with van der Waals surface area (Å²) in [6.07, 6.45) is 6.80. The standard InChI is InChI=1S/C20H26N4O3.HI/c1-25-17-9-8-15(11-18(17)26-2)24-20(21)23-13-14-7-10-19(22-12-14)27-16-5-3-4-6-16;/h7-12,16H,3-6,13H2,1-2H3,(H3,21,23,24);1H. The van der Waals surface area contributed by atoms with Gasteiger partial charge in [0.2, 0.25) is 5.88 Å². The van der Waals surface area contributed by atoms with Crippen molar-refractivity contribution in [2.75, 3.05) is 19.5 Å². The number of aliphatic imine (C=N–C) groups is 1. The van der Waals surface area contributed by atoms with Crippen LogP contribution in [0.5, 0.6) is 17.4 Å². The van der Waals surface area contributed by atoms with E-state index in [4.69, 9.17) is 19.9 Å². The first-order valence-electron chi connectivity index (χ1n) is 9.08. The third-order valence-corrected chi connectivity index (χ3v) is 4.48. The topological polar surface area (TPSA) is 91.0 Å². The van der Waals surface area contributed by atoms with Gasteiger partial charge in [-0.25, -0.2) is 9.98 Å². The van der Waals surface area contributed by atoms with E-state index in [1.54, 1.807) is 32.5 Å². The number of guanidine groups is 1. The van der Waals surface area contributed by atoms with Crippen molar-refractivity contribution in [2.24, 2.45) is 10.7 Å². The van der Waals surface area contributed by atoms with Gasteiger partial charge in [-0.1, -0.05) is 6.07 Å². The van der Waals surface area contributed by atoms with Gasteiger partial charge in [0.1, 0.15) is 6.10 Å². The average Bonchev–Trinajstić information content (AvgIpc) is 3.20. The molecule has 1 saturated carbocycles. The van der Waals surface area contributed by atoms with Gasteiger partial charge in [0.25, 0.3) is 0 Å².